The lowest BCUT2D eigenvalue weighted by molar-refractivity contribution is 0.0731. The van der Waals surface area contributed by atoms with Crippen LogP contribution in [0.25, 0.3) is 0 Å². The number of nitrogens with one attached hydrogen (secondary N) is 2. The summed E-state index contributed by atoms with van der Waals surface area (Å²) in [5.41, 5.74) is 0.821. The van der Waals surface area contributed by atoms with Crippen LogP contribution in [0.1, 0.15) is 23.3 Å². The normalized spacial score (nSPS) is 32.1. The van der Waals surface area contributed by atoms with Crippen molar-refractivity contribution >= 4 is 21.6 Å². The zero-order valence-electron chi connectivity index (χ0n) is 14.6. The largest absolute Gasteiger partial charge is 0.391 e. The van der Waals surface area contributed by atoms with Crippen molar-refractivity contribution in [3.63, 3.8) is 0 Å². The molecule has 7 nitrogen and oxygen atoms in total. The van der Waals surface area contributed by atoms with E-state index >= 15 is 0 Å². The fraction of sp³-hybridized carbons (Fsp3) is 0.421. The Bertz CT molecular complexity index is 985. The van der Waals surface area contributed by atoms with Crippen LogP contribution in [-0.2, 0) is 10.0 Å². The average Bonchev–Trinajstić information content (AvgIpc) is 3.38. The highest BCUT2D eigenvalue weighted by molar-refractivity contribution is 7.89. The van der Waals surface area contributed by atoms with E-state index in [1.165, 1.54) is 16.6 Å². The van der Waals surface area contributed by atoms with Gasteiger partial charge in [-0.1, -0.05) is 18.2 Å². The second kappa shape index (κ2) is 5.92. The molecule has 2 heterocycles. The highest BCUT2D eigenvalue weighted by Gasteiger charge is 2.61. The number of aromatic nitrogens is 1. The van der Waals surface area contributed by atoms with Gasteiger partial charge in [-0.3, -0.25) is 4.79 Å². The smallest absolute Gasteiger partial charge is 0.272 e. The number of para-hydroxylation sites is 1. The summed E-state index contributed by atoms with van der Waals surface area (Å²) in [6.45, 7) is 0.460. The van der Waals surface area contributed by atoms with Crippen LogP contribution in [0.2, 0.25) is 0 Å². The lowest BCUT2D eigenvalue weighted by Crippen LogP contribution is -2.43. The molecule has 1 aromatic carbocycles. The number of hydrogen-bond acceptors (Lipinski definition) is 4. The molecule has 0 unspecified atom stereocenters. The van der Waals surface area contributed by atoms with Gasteiger partial charge in [0.1, 0.15) is 10.6 Å². The Kier molecular flexibility index (Phi) is 3.72. The van der Waals surface area contributed by atoms with Gasteiger partial charge < -0.3 is 15.4 Å². The molecule has 2 saturated carbocycles. The molecule has 0 radical (unpaired) electrons. The van der Waals surface area contributed by atoms with E-state index in [0.29, 0.717) is 18.2 Å². The fourth-order valence-electron chi connectivity index (χ4n) is 5.15. The standard InChI is InChI=1S/C19H21N3O4S/c23-18-11-6-12-10-22(17(18)15(12)7-11)27(25,26)14-8-16(20-9-14)19(24)21-13-4-2-1-3-5-13/h1-5,8-9,11-12,15,17-18,20,23H,6-7,10H2,(H,21,24)/t11-,12-,15+,17-,18+/m0/s1. The first-order chi connectivity index (χ1) is 12.9. The van der Waals surface area contributed by atoms with Crippen molar-refractivity contribution < 1.29 is 18.3 Å². The lowest BCUT2D eigenvalue weighted by Gasteiger charge is -2.28. The number of H-pyrrole nitrogens is 1. The van der Waals surface area contributed by atoms with Crippen molar-refractivity contribution in [2.24, 2.45) is 17.8 Å². The maximum absolute atomic E-state index is 13.1. The summed E-state index contributed by atoms with van der Waals surface area (Å²) in [7, 11) is -3.76. The van der Waals surface area contributed by atoms with Crippen LogP contribution in [0.4, 0.5) is 5.69 Å². The molecule has 1 amide bonds. The molecule has 2 aromatic rings. The number of carbonyl (C=O) groups is 1. The summed E-state index contributed by atoms with van der Waals surface area (Å²) in [6.07, 6.45) is 2.60. The van der Waals surface area contributed by atoms with Crippen molar-refractivity contribution in [1.29, 1.82) is 0 Å². The molecule has 8 heteroatoms. The summed E-state index contributed by atoms with van der Waals surface area (Å²) >= 11 is 0. The maximum atomic E-state index is 13.1. The van der Waals surface area contributed by atoms with Gasteiger partial charge in [0.05, 0.1) is 12.1 Å². The first-order valence-electron chi connectivity index (χ1n) is 9.20. The number of benzene rings is 1. The van der Waals surface area contributed by atoms with E-state index < -0.39 is 22.0 Å². The Labute approximate surface area is 157 Å². The Hall–Kier alpha value is -2.16. The molecular weight excluding hydrogens is 366 g/mol. The van der Waals surface area contributed by atoms with Crippen molar-refractivity contribution in [2.75, 3.05) is 11.9 Å². The van der Waals surface area contributed by atoms with Crippen LogP contribution in [0.3, 0.4) is 0 Å². The molecule has 2 aliphatic carbocycles. The first kappa shape index (κ1) is 17.0. The Morgan fingerprint density at radius 3 is 2.70 bits per heavy atom. The molecule has 1 saturated heterocycles. The van der Waals surface area contributed by atoms with Gasteiger partial charge in [-0.2, -0.15) is 4.31 Å². The number of carbonyl (C=O) groups excluding carboxylic acids is 1. The number of hydrogen-bond donors (Lipinski definition) is 3. The van der Waals surface area contributed by atoms with Crippen molar-refractivity contribution in [2.45, 2.75) is 29.9 Å². The van der Waals surface area contributed by atoms with E-state index in [1.54, 1.807) is 12.1 Å². The van der Waals surface area contributed by atoms with E-state index in [-0.39, 0.29) is 28.5 Å². The minimum absolute atomic E-state index is 0.0673. The highest BCUT2D eigenvalue weighted by Crippen LogP contribution is 2.56. The van der Waals surface area contributed by atoms with Gasteiger partial charge >= 0.3 is 0 Å². The second-order valence-electron chi connectivity index (χ2n) is 7.78. The number of aliphatic hydroxyl groups is 1. The molecule has 5 atom stereocenters. The van der Waals surface area contributed by atoms with E-state index in [4.69, 9.17) is 0 Å². The Morgan fingerprint density at radius 2 is 1.96 bits per heavy atom. The summed E-state index contributed by atoms with van der Waals surface area (Å²) in [5.74, 6) is 0.436. The number of rotatable bonds is 4. The number of aromatic amines is 1. The van der Waals surface area contributed by atoms with Crippen LogP contribution in [0.15, 0.2) is 47.5 Å². The molecule has 0 spiro atoms. The first-order valence-corrected chi connectivity index (χ1v) is 10.6. The topological polar surface area (TPSA) is 102 Å². The molecule has 5 rings (SSSR count). The molecule has 3 N–H and O–H groups in total. The van der Waals surface area contributed by atoms with E-state index in [1.807, 2.05) is 18.2 Å². The zero-order valence-corrected chi connectivity index (χ0v) is 15.4. The van der Waals surface area contributed by atoms with Crippen LogP contribution in [-0.4, -0.2) is 47.4 Å². The minimum atomic E-state index is -3.76. The van der Waals surface area contributed by atoms with E-state index in [9.17, 15) is 18.3 Å². The van der Waals surface area contributed by atoms with Gasteiger partial charge in [0.2, 0.25) is 10.0 Å². The Morgan fingerprint density at radius 1 is 1.19 bits per heavy atom. The Balaban J connectivity index is 1.38. The molecule has 1 aromatic heterocycles. The third kappa shape index (κ3) is 2.55. The predicted octanol–water partition coefficient (Wildman–Crippen LogP) is 1.66. The zero-order chi connectivity index (χ0) is 18.8. The summed E-state index contributed by atoms with van der Waals surface area (Å²) in [6, 6.07) is 10.0. The van der Waals surface area contributed by atoms with Crippen molar-refractivity contribution in [3.8, 4) is 0 Å². The van der Waals surface area contributed by atoms with Gasteiger partial charge in [0.25, 0.3) is 5.91 Å². The van der Waals surface area contributed by atoms with Crippen LogP contribution in [0.5, 0.6) is 0 Å². The molecule has 2 bridgehead atoms. The second-order valence-corrected chi connectivity index (χ2v) is 9.67. The van der Waals surface area contributed by atoms with Crippen molar-refractivity contribution in [3.05, 3.63) is 48.3 Å². The summed E-state index contributed by atoms with van der Waals surface area (Å²) < 4.78 is 27.7. The van der Waals surface area contributed by atoms with Crippen LogP contribution >= 0.6 is 0 Å². The monoisotopic (exact) mass is 387 g/mol. The molecule has 27 heavy (non-hydrogen) atoms. The molecule has 142 valence electrons. The van der Waals surface area contributed by atoms with Gasteiger partial charge in [0.15, 0.2) is 0 Å². The molecule has 3 fully saturated rings. The van der Waals surface area contributed by atoms with Gasteiger partial charge in [-0.15, -0.1) is 0 Å². The van der Waals surface area contributed by atoms with Crippen molar-refractivity contribution in [1.82, 2.24) is 9.29 Å². The number of sulfonamides is 1. The average molecular weight is 387 g/mol. The quantitative estimate of drug-likeness (QED) is 0.742. The van der Waals surface area contributed by atoms with Crippen LogP contribution in [0, 0.1) is 17.8 Å². The van der Waals surface area contributed by atoms with Crippen LogP contribution < -0.4 is 5.32 Å². The molecular formula is C19H21N3O4S. The predicted molar refractivity (Wildman–Crippen MR) is 98.6 cm³/mol. The third-order valence-corrected chi connectivity index (χ3v) is 8.19. The van der Waals surface area contributed by atoms with Gasteiger partial charge in [-0.25, -0.2) is 8.42 Å². The maximum Gasteiger partial charge on any atom is 0.272 e. The molecule has 3 aliphatic rings. The highest BCUT2D eigenvalue weighted by atomic mass is 32.2. The number of anilines is 1. The summed E-state index contributed by atoms with van der Waals surface area (Å²) in [4.78, 5) is 15.2. The number of aliphatic hydroxyl groups excluding tert-OH is 1. The van der Waals surface area contributed by atoms with Gasteiger partial charge in [-0.05, 0) is 48.8 Å². The number of amides is 1. The van der Waals surface area contributed by atoms with Gasteiger partial charge in [0, 0.05) is 18.4 Å². The molecule has 1 aliphatic heterocycles. The SMILES string of the molecule is O=C(Nc1ccccc1)c1cc(S(=O)(=O)N2C[C@@H]3C[C@H]4C[C@H]3[C@H]2[C@@H]4O)c[nH]1. The number of fused-ring (bicyclic) bond motifs is 1. The minimum Gasteiger partial charge on any atom is -0.391 e. The lowest BCUT2D eigenvalue weighted by atomic mass is 9.88. The van der Waals surface area contributed by atoms with E-state index in [2.05, 4.69) is 10.3 Å². The van der Waals surface area contributed by atoms with E-state index in [0.717, 1.165) is 12.8 Å². The summed E-state index contributed by atoms with van der Waals surface area (Å²) in [5, 5.41) is 13.2. The third-order valence-electron chi connectivity index (χ3n) is 6.34. The fourth-order valence-corrected chi connectivity index (χ4v) is 6.88. The number of nitrogens with zero attached hydrogens (tertiary/aromatic N) is 1.